The number of hydrogen-bond donors (Lipinski definition) is 3. The summed E-state index contributed by atoms with van der Waals surface area (Å²) in [7, 11) is 0. The maximum Gasteiger partial charge on any atom is 0.226 e. The lowest BCUT2D eigenvalue weighted by atomic mass is 10.1. The highest BCUT2D eigenvalue weighted by Gasteiger charge is 2.47. The molecule has 4 aromatic rings. The Labute approximate surface area is 169 Å². The number of nitrogens with one attached hydrogen (secondary N) is 1. The number of aliphatic hydroxyl groups is 2. The number of halogens is 1. The van der Waals surface area contributed by atoms with Gasteiger partial charge >= 0.3 is 0 Å². The fraction of sp³-hybridized carbons (Fsp3) is 0.263. The van der Waals surface area contributed by atoms with E-state index in [1.54, 1.807) is 19.1 Å². The van der Waals surface area contributed by atoms with Crippen LogP contribution < -0.4 is 5.32 Å². The van der Waals surface area contributed by atoms with E-state index in [2.05, 4.69) is 25.3 Å². The van der Waals surface area contributed by atoms with Crippen molar-refractivity contribution < 1.29 is 23.8 Å². The molecule has 10 nitrogen and oxygen atoms in total. The Bertz CT molecular complexity index is 1190. The Hall–Kier alpha value is -3.41. The molecule has 3 N–H and O–H groups in total. The van der Waals surface area contributed by atoms with Crippen LogP contribution in [0.5, 0.6) is 0 Å². The van der Waals surface area contributed by atoms with Gasteiger partial charge in [0.1, 0.15) is 30.1 Å². The smallest absolute Gasteiger partial charge is 0.226 e. The summed E-state index contributed by atoms with van der Waals surface area (Å²) < 4.78 is 25.9. The maximum absolute atomic E-state index is 13.1. The summed E-state index contributed by atoms with van der Waals surface area (Å²) in [5.41, 5.74) is 1.43. The number of aromatic nitrogens is 5. The molecule has 11 heteroatoms. The molecule has 154 valence electrons. The first-order valence-electron chi connectivity index (χ1n) is 9.15. The molecule has 1 aromatic carbocycles. The van der Waals surface area contributed by atoms with Crippen molar-refractivity contribution in [3.63, 3.8) is 0 Å². The number of hydrogen-bond acceptors (Lipinski definition) is 9. The number of aliphatic hydroxyl groups excluding tert-OH is 2. The number of benzene rings is 1. The molecule has 1 aliphatic heterocycles. The number of imidazole rings is 1. The first-order valence-corrected chi connectivity index (χ1v) is 9.15. The maximum atomic E-state index is 13.1. The van der Waals surface area contributed by atoms with E-state index in [9.17, 15) is 14.6 Å². The molecule has 5 rings (SSSR count). The number of ether oxygens (including phenoxy) is 1. The van der Waals surface area contributed by atoms with E-state index in [0.29, 0.717) is 28.4 Å². The van der Waals surface area contributed by atoms with Gasteiger partial charge < -0.3 is 24.7 Å². The minimum absolute atomic E-state index is 0.180. The van der Waals surface area contributed by atoms with E-state index in [1.807, 2.05) is 0 Å². The van der Waals surface area contributed by atoms with Crippen molar-refractivity contribution in [2.24, 2.45) is 0 Å². The molecular formula is C19H17FN6O4. The highest BCUT2D eigenvalue weighted by atomic mass is 19.1. The zero-order valence-corrected chi connectivity index (χ0v) is 15.7. The third kappa shape index (κ3) is 3.09. The monoisotopic (exact) mass is 412 g/mol. The van der Waals surface area contributed by atoms with Crippen LogP contribution in [0.15, 0.2) is 47.5 Å². The zero-order valence-electron chi connectivity index (χ0n) is 15.7. The number of rotatable bonds is 4. The van der Waals surface area contributed by atoms with Crippen LogP contribution in [0.2, 0.25) is 0 Å². The summed E-state index contributed by atoms with van der Waals surface area (Å²) in [6, 6.07) is 5.80. The van der Waals surface area contributed by atoms with Gasteiger partial charge in [-0.2, -0.15) is 0 Å². The van der Waals surface area contributed by atoms with Crippen molar-refractivity contribution in [1.29, 1.82) is 0 Å². The van der Waals surface area contributed by atoms with Crippen molar-refractivity contribution in [2.75, 3.05) is 5.32 Å². The molecule has 0 spiro atoms. The van der Waals surface area contributed by atoms with Crippen molar-refractivity contribution in [3.05, 3.63) is 60.6 Å². The Balaban J connectivity index is 1.47. The van der Waals surface area contributed by atoms with E-state index in [-0.39, 0.29) is 11.7 Å². The Morgan fingerprint density at radius 2 is 1.87 bits per heavy atom. The van der Waals surface area contributed by atoms with Gasteiger partial charge in [0.05, 0.1) is 12.5 Å². The SMILES string of the molecule is Cc1cnc([C@H]2O[C@@H](n3cnc4c(Nc5ccc(F)cc5)ncnc43)[C@H](O)[C@@H]2O)o1. The van der Waals surface area contributed by atoms with Crippen molar-refractivity contribution in [2.45, 2.75) is 31.5 Å². The summed E-state index contributed by atoms with van der Waals surface area (Å²) in [6.45, 7) is 1.72. The molecule has 0 unspecified atom stereocenters. The highest BCUT2D eigenvalue weighted by Crippen LogP contribution is 2.39. The third-order valence-corrected chi connectivity index (χ3v) is 4.86. The van der Waals surface area contributed by atoms with Crippen LogP contribution in [0.25, 0.3) is 11.2 Å². The van der Waals surface area contributed by atoms with Crippen molar-refractivity contribution in [3.8, 4) is 0 Å². The average molecular weight is 412 g/mol. The molecule has 0 bridgehead atoms. The minimum atomic E-state index is -1.26. The number of oxazole rings is 1. The molecule has 1 saturated heterocycles. The molecular weight excluding hydrogens is 395 g/mol. The normalized spacial score (nSPS) is 23.9. The van der Waals surface area contributed by atoms with Gasteiger partial charge in [0.25, 0.3) is 0 Å². The van der Waals surface area contributed by atoms with Crippen molar-refractivity contribution >= 4 is 22.7 Å². The fourth-order valence-electron chi connectivity index (χ4n) is 3.40. The number of anilines is 2. The first-order chi connectivity index (χ1) is 14.5. The second-order valence-corrected chi connectivity index (χ2v) is 6.92. The minimum Gasteiger partial charge on any atom is -0.443 e. The summed E-state index contributed by atoms with van der Waals surface area (Å²) in [5, 5.41) is 24.1. The quantitative estimate of drug-likeness (QED) is 0.460. The largest absolute Gasteiger partial charge is 0.443 e. The van der Waals surface area contributed by atoms with Crippen molar-refractivity contribution in [1.82, 2.24) is 24.5 Å². The van der Waals surface area contributed by atoms with Gasteiger partial charge in [-0.1, -0.05) is 0 Å². The summed E-state index contributed by atoms with van der Waals surface area (Å²) in [6.07, 6.45) is -0.117. The predicted molar refractivity (Wildman–Crippen MR) is 101 cm³/mol. The standard InChI is InChI=1S/C19H17FN6O4/c1-9-6-21-18(29-9)15-13(27)14(28)19(30-15)26-8-24-12-16(22-7-23-17(12)26)25-11-4-2-10(20)3-5-11/h2-8,13-15,19,27-28H,1H3,(H,22,23,25)/t13-,14+,15-,19+/m0/s1. The Morgan fingerprint density at radius 3 is 2.60 bits per heavy atom. The molecule has 30 heavy (non-hydrogen) atoms. The Kier molecular flexibility index (Phi) is 4.42. The number of fused-ring (bicyclic) bond motifs is 1. The molecule has 0 radical (unpaired) electrons. The molecule has 0 amide bonds. The van der Waals surface area contributed by atoms with Crippen LogP contribution >= 0.6 is 0 Å². The summed E-state index contributed by atoms with van der Waals surface area (Å²) in [4.78, 5) is 16.8. The second-order valence-electron chi connectivity index (χ2n) is 6.92. The van der Waals surface area contributed by atoms with E-state index < -0.39 is 24.5 Å². The van der Waals surface area contributed by atoms with Gasteiger partial charge in [0, 0.05) is 5.69 Å². The third-order valence-electron chi connectivity index (χ3n) is 4.86. The van der Waals surface area contributed by atoms with E-state index >= 15 is 0 Å². The molecule has 1 fully saturated rings. The van der Waals surface area contributed by atoms with E-state index in [0.717, 1.165) is 0 Å². The predicted octanol–water partition coefficient (Wildman–Crippen LogP) is 2.00. The Morgan fingerprint density at radius 1 is 1.07 bits per heavy atom. The van der Waals surface area contributed by atoms with E-state index in [1.165, 1.54) is 35.6 Å². The lowest BCUT2D eigenvalue weighted by Crippen LogP contribution is -2.29. The zero-order chi connectivity index (χ0) is 20.8. The molecule has 4 atom stereocenters. The number of aryl methyl sites for hydroxylation is 1. The molecule has 3 aromatic heterocycles. The van der Waals surface area contributed by atoms with Crippen LogP contribution in [0.3, 0.4) is 0 Å². The molecule has 4 heterocycles. The van der Waals surface area contributed by atoms with Crippen LogP contribution in [-0.2, 0) is 4.74 Å². The molecule has 1 aliphatic rings. The topological polar surface area (TPSA) is 131 Å². The van der Waals surface area contributed by atoms with Gasteiger partial charge in [-0.25, -0.2) is 24.3 Å². The van der Waals surface area contributed by atoms with Crippen LogP contribution in [0, 0.1) is 12.7 Å². The lowest BCUT2D eigenvalue weighted by molar-refractivity contribution is -0.0438. The van der Waals surface area contributed by atoms with Crippen LogP contribution in [0.1, 0.15) is 24.0 Å². The van der Waals surface area contributed by atoms with E-state index in [4.69, 9.17) is 9.15 Å². The van der Waals surface area contributed by atoms with Gasteiger partial charge in [0.2, 0.25) is 5.89 Å². The molecule has 0 aliphatic carbocycles. The summed E-state index contributed by atoms with van der Waals surface area (Å²) >= 11 is 0. The number of nitrogens with zero attached hydrogens (tertiary/aromatic N) is 5. The van der Waals surface area contributed by atoms with Gasteiger partial charge in [-0.05, 0) is 31.2 Å². The summed E-state index contributed by atoms with van der Waals surface area (Å²) in [5.74, 6) is 0.799. The van der Waals surface area contributed by atoms with Crippen LogP contribution in [0.4, 0.5) is 15.9 Å². The van der Waals surface area contributed by atoms with Gasteiger partial charge in [0.15, 0.2) is 29.3 Å². The lowest BCUT2D eigenvalue weighted by Gasteiger charge is -2.16. The fourth-order valence-corrected chi connectivity index (χ4v) is 3.40. The second kappa shape index (κ2) is 7.13. The van der Waals surface area contributed by atoms with Crippen LogP contribution in [-0.4, -0.2) is 46.9 Å². The average Bonchev–Trinajstić information content (AvgIpc) is 3.43. The van der Waals surface area contributed by atoms with Gasteiger partial charge in [-0.3, -0.25) is 4.57 Å². The highest BCUT2D eigenvalue weighted by molar-refractivity contribution is 5.85. The first kappa shape index (κ1) is 18.6. The van der Waals surface area contributed by atoms with Gasteiger partial charge in [-0.15, -0.1) is 0 Å². The molecule has 0 saturated carbocycles.